The molecule has 2 aromatic rings. The van der Waals surface area contributed by atoms with Crippen molar-refractivity contribution in [3.63, 3.8) is 0 Å². The van der Waals surface area contributed by atoms with E-state index in [0.29, 0.717) is 17.9 Å². The van der Waals surface area contributed by atoms with E-state index in [4.69, 9.17) is 5.73 Å². The van der Waals surface area contributed by atoms with Crippen LogP contribution >= 0.6 is 0 Å². The summed E-state index contributed by atoms with van der Waals surface area (Å²) < 4.78 is 0. The molecule has 2 heterocycles. The van der Waals surface area contributed by atoms with E-state index in [-0.39, 0.29) is 0 Å². The van der Waals surface area contributed by atoms with E-state index in [9.17, 15) is 0 Å². The second-order valence-electron chi connectivity index (χ2n) is 8.98. The molecule has 4 nitrogen and oxygen atoms in total. The molecule has 2 atom stereocenters. The minimum absolute atomic E-state index is 0.538. The van der Waals surface area contributed by atoms with E-state index in [0.717, 1.165) is 26.2 Å². The lowest BCUT2D eigenvalue weighted by molar-refractivity contribution is 0.252. The van der Waals surface area contributed by atoms with Gasteiger partial charge < -0.3 is 15.5 Å². The zero-order valence-electron chi connectivity index (χ0n) is 18.0. The maximum atomic E-state index is 6.17. The molecule has 0 saturated carbocycles. The lowest BCUT2D eigenvalue weighted by atomic mass is 9.89. The first-order valence-corrected chi connectivity index (χ1v) is 11.1. The third kappa shape index (κ3) is 4.66. The Labute approximate surface area is 176 Å². The molecule has 0 aromatic heterocycles. The number of nitrogens with two attached hydrogens (primary N) is 1. The topological polar surface area (TPSA) is 35.7 Å². The number of likely N-dealkylation sites (tertiary alicyclic amines) is 2. The van der Waals surface area contributed by atoms with E-state index in [2.05, 4.69) is 83.4 Å². The Balaban J connectivity index is 1.47. The Morgan fingerprint density at radius 3 is 2.38 bits per heavy atom. The molecule has 2 aliphatic rings. The molecular weight excluding hydrogens is 356 g/mol. The van der Waals surface area contributed by atoms with Crippen LogP contribution in [0.2, 0.25) is 0 Å². The number of nitrogens with zero attached hydrogens (tertiary/aromatic N) is 3. The molecule has 2 fully saturated rings. The maximum absolute atomic E-state index is 6.17. The van der Waals surface area contributed by atoms with Gasteiger partial charge in [0.15, 0.2) is 0 Å². The van der Waals surface area contributed by atoms with Gasteiger partial charge in [-0.3, -0.25) is 4.90 Å². The van der Waals surface area contributed by atoms with Crippen LogP contribution in [0, 0.1) is 5.92 Å². The highest BCUT2D eigenvalue weighted by Gasteiger charge is 2.33. The summed E-state index contributed by atoms with van der Waals surface area (Å²) in [5.41, 5.74) is 10.4. The molecule has 0 radical (unpaired) electrons. The van der Waals surface area contributed by atoms with E-state index in [1.54, 1.807) is 0 Å². The molecule has 4 heteroatoms. The zero-order valence-corrected chi connectivity index (χ0v) is 18.0. The molecular formula is C25H36N4. The van der Waals surface area contributed by atoms with Crippen molar-refractivity contribution < 1.29 is 0 Å². The highest BCUT2D eigenvalue weighted by atomic mass is 15.2. The average Bonchev–Trinajstić information content (AvgIpc) is 3.18. The van der Waals surface area contributed by atoms with Gasteiger partial charge in [-0.25, -0.2) is 0 Å². The minimum atomic E-state index is 0.538. The van der Waals surface area contributed by atoms with Gasteiger partial charge in [0, 0.05) is 44.3 Å². The van der Waals surface area contributed by atoms with E-state index < -0.39 is 0 Å². The van der Waals surface area contributed by atoms with Crippen molar-refractivity contribution >= 4 is 5.69 Å². The summed E-state index contributed by atoms with van der Waals surface area (Å²) in [4.78, 5) is 7.58. The number of benzene rings is 2. The summed E-state index contributed by atoms with van der Waals surface area (Å²) in [6, 6.07) is 20.6. The fourth-order valence-electron chi connectivity index (χ4n) is 5.21. The molecule has 156 valence electrons. The minimum Gasteiger partial charge on any atom is -0.371 e. The molecule has 2 aliphatic heterocycles. The number of para-hydroxylation sites is 1. The molecule has 2 aromatic carbocycles. The quantitative estimate of drug-likeness (QED) is 0.817. The number of rotatable bonds is 6. The fraction of sp³-hybridized carbons (Fsp3) is 0.520. The molecule has 2 N–H and O–H groups in total. The van der Waals surface area contributed by atoms with Gasteiger partial charge in [-0.2, -0.15) is 0 Å². The Bertz CT molecular complexity index is 769. The highest BCUT2D eigenvalue weighted by Crippen LogP contribution is 2.34. The maximum Gasteiger partial charge on any atom is 0.0411 e. The highest BCUT2D eigenvalue weighted by molar-refractivity contribution is 5.54. The summed E-state index contributed by atoms with van der Waals surface area (Å²) in [6.45, 7) is 6.33. The number of hydrogen-bond donors (Lipinski definition) is 1. The molecule has 2 saturated heterocycles. The predicted molar refractivity (Wildman–Crippen MR) is 122 cm³/mol. The Morgan fingerprint density at radius 1 is 0.966 bits per heavy atom. The van der Waals surface area contributed by atoms with E-state index in [1.807, 2.05) is 0 Å². The van der Waals surface area contributed by atoms with Crippen molar-refractivity contribution in [2.45, 2.75) is 31.3 Å². The molecule has 0 spiro atoms. The van der Waals surface area contributed by atoms with Crippen molar-refractivity contribution in [1.29, 1.82) is 0 Å². The van der Waals surface area contributed by atoms with Crippen LogP contribution in [-0.2, 0) is 6.54 Å². The normalized spacial score (nSPS) is 24.1. The second-order valence-corrected chi connectivity index (χ2v) is 8.98. The SMILES string of the molecule is CN1CCC(N(C)c2ccccc2CN2C[C@@H](CN)[C@H](c3ccccc3)C2)CC1. The lowest BCUT2D eigenvalue weighted by Crippen LogP contribution is -2.42. The van der Waals surface area contributed by atoms with Crippen LogP contribution in [0.15, 0.2) is 54.6 Å². The first kappa shape index (κ1) is 20.4. The molecule has 0 bridgehead atoms. The van der Waals surface area contributed by atoms with Gasteiger partial charge in [0.05, 0.1) is 0 Å². The Hall–Kier alpha value is -1.88. The molecule has 4 rings (SSSR count). The smallest absolute Gasteiger partial charge is 0.0411 e. The summed E-state index contributed by atoms with van der Waals surface area (Å²) in [7, 11) is 4.52. The van der Waals surface area contributed by atoms with Crippen molar-refractivity contribution in [3.8, 4) is 0 Å². The third-order valence-electron chi connectivity index (χ3n) is 7.05. The van der Waals surface area contributed by atoms with Gasteiger partial charge in [-0.15, -0.1) is 0 Å². The first-order chi connectivity index (χ1) is 14.2. The Kier molecular flexibility index (Phi) is 6.53. The van der Waals surface area contributed by atoms with Crippen molar-refractivity contribution in [2.75, 3.05) is 51.7 Å². The first-order valence-electron chi connectivity index (χ1n) is 11.1. The van der Waals surface area contributed by atoms with Crippen LogP contribution < -0.4 is 10.6 Å². The van der Waals surface area contributed by atoms with E-state index >= 15 is 0 Å². The predicted octanol–water partition coefficient (Wildman–Crippen LogP) is 3.39. The van der Waals surface area contributed by atoms with Gasteiger partial charge in [0.2, 0.25) is 0 Å². The van der Waals surface area contributed by atoms with Gasteiger partial charge in [0.25, 0.3) is 0 Å². The summed E-state index contributed by atoms with van der Waals surface area (Å²) in [6.07, 6.45) is 2.49. The monoisotopic (exact) mass is 392 g/mol. The van der Waals surface area contributed by atoms with Gasteiger partial charge in [-0.05, 0) is 62.6 Å². The molecule has 0 aliphatic carbocycles. The van der Waals surface area contributed by atoms with Crippen molar-refractivity contribution in [3.05, 3.63) is 65.7 Å². The number of piperidine rings is 1. The number of anilines is 1. The van der Waals surface area contributed by atoms with Crippen molar-refractivity contribution in [1.82, 2.24) is 9.80 Å². The van der Waals surface area contributed by atoms with Crippen LogP contribution in [0.3, 0.4) is 0 Å². The van der Waals surface area contributed by atoms with Crippen LogP contribution in [0.5, 0.6) is 0 Å². The largest absolute Gasteiger partial charge is 0.371 e. The van der Waals surface area contributed by atoms with Crippen LogP contribution in [-0.4, -0.2) is 62.7 Å². The third-order valence-corrected chi connectivity index (χ3v) is 7.05. The Morgan fingerprint density at radius 2 is 1.66 bits per heavy atom. The lowest BCUT2D eigenvalue weighted by Gasteiger charge is -2.37. The summed E-state index contributed by atoms with van der Waals surface area (Å²) in [5, 5.41) is 0. The van der Waals surface area contributed by atoms with E-state index in [1.165, 1.54) is 42.7 Å². The van der Waals surface area contributed by atoms with Crippen LogP contribution in [0.1, 0.15) is 29.9 Å². The fourth-order valence-corrected chi connectivity index (χ4v) is 5.21. The van der Waals surface area contributed by atoms with Crippen LogP contribution in [0.4, 0.5) is 5.69 Å². The standard InChI is InChI=1S/C25H36N4/c1-27-14-12-23(13-15-27)28(2)25-11-7-6-10-21(25)17-29-18-22(16-26)24(19-29)20-8-4-3-5-9-20/h3-11,22-24H,12-19,26H2,1-2H3/t22-,24+/m1/s1. The van der Waals surface area contributed by atoms with Crippen molar-refractivity contribution in [2.24, 2.45) is 11.7 Å². The molecule has 29 heavy (non-hydrogen) atoms. The molecule has 0 unspecified atom stereocenters. The zero-order chi connectivity index (χ0) is 20.2. The average molecular weight is 393 g/mol. The van der Waals surface area contributed by atoms with Gasteiger partial charge in [0.1, 0.15) is 0 Å². The number of hydrogen-bond acceptors (Lipinski definition) is 4. The summed E-state index contributed by atoms with van der Waals surface area (Å²) in [5.74, 6) is 1.08. The van der Waals surface area contributed by atoms with Crippen LogP contribution in [0.25, 0.3) is 0 Å². The summed E-state index contributed by atoms with van der Waals surface area (Å²) >= 11 is 0. The molecule has 0 amide bonds. The second kappa shape index (κ2) is 9.29. The van der Waals surface area contributed by atoms with Gasteiger partial charge in [-0.1, -0.05) is 48.5 Å². The van der Waals surface area contributed by atoms with Gasteiger partial charge >= 0.3 is 0 Å².